The van der Waals surface area contributed by atoms with E-state index >= 15 is 0 Å². The molecular formula is C28H31F2N7O2. The lowest BCUT2D eigenvalue weighted by Crippen LogP contribution is -2.47. The van der Waals surface area contributed by atoms with Crippen LogP contribution in [0.4, 0.5) is 8.78 Å². The Hall–Kier alpha value is -4.15. The van der Waals surface area contributed by atoms with Crippen LogP contribution in [-0.4, -0.2) is 54.9 Å². The molecule has 9 nitrogen and oxygen atoms in total. The molecule has 0 aliphatic carbocycles. The molecule has 0 radical (unpaired) electrons. The monoisotopic (exact) mass is 535 g/mol. The third-order valence-corrected chi connectivity index (χ3v) is 7.51. The van der Waals surface area contributed by atoms with Gasteiger partial charge >= 0.3 is 6.55 Å². The fourth-order valence-corrected chi connectivity index (χ4v) is 5.81. The minimum atomic E-state index is -2.80. The lowest BCUT2D eigenvalue weighted by Gasteiger charge is -2.37. The van der Waals surface area contributed by atoms with Crippen molar-refractivity contribution in [2.45, 2.75) is 70.3 Å². The molecule has 1 amide bonds. The van der Waals surface area contributed by atoms with Crippen LogP contribution in [0.15, 0.2) is 65.6 Å². The fraction of sp³-hybridized carbons (Fsp3) is 0.393. The Morgan fingerprint density at radius 3 is 2.59 bits per heavy atom. The average molecular weight is 536 g/mol. The van der Waals surface area contributed by atoms with Crippen molar-refractivity contribution < 1.29 is 18.3 Å². The number of aromatic nitrogens is 3. The number of hydrogen-bond acceptors (Lipinski definition) is 7. The van der Waals surface area contributed by atoms with Crippen molar-refractivity contribution in [3.8, 4) is 5.75 Å². The highest BCUT2D eigenvalue weighted by Crippen LogP contribution is 2.38. The normalized spacial score (nSPS) is 22.4. The van der Waals surface area contributed by atoms with E-state index in [-0.39, 0.29) is 35.3 Å². The summed E-state index contributed by atoms with van der Waals surface area (Å²) >= 11 is 0. The topological polar surface area (TPSA) is 111 Å². The molecule has 2 N–H and O–H groups in total. The van der Waals surface area contributed by atoms with E-state index in [4.69, 9.17) is 15.6 Å². The highest BCUT2D eigenvalue weighted by atomic mass is 19.3. The van der Waals surface area contributed by atoms with Crippen LogP contribution in [0.1, 0.15) is 63.4 Å². The van der Waals surface area contributed by atoms with Crippen LogP contribution in [0, 0.1) is 0 Å². The Bertz CT molecular complexity index is 1420. The second kappa shape index (κ2) is 10.9. The minimum absolute atomic E-state index is 0.00906. The van der Waals surface area contributed by atoms with Crippen molar-refractivity contribution in [1.82, 2.24) is 19.4 Å². The number of benzene rings is 1. The van der Waals surface area contributed by atoms with Gasteiger partial charge in [-0.25, -0.2) is 4.98 Å². The van der Waals surface area contributed by atoms with Crippen LogP contribution in [-0.2, 0) is 4.79 Å². The Labute approximate surface area is 225 Å². The summed E-state index contributed by atoms with van der Waals surface area (Å²) in [5, 5.41) is 4.02. The first-order chi connectivity index (χ1) is 18.8. The third-order valence-electron chi connectivity index (χ3n) is 7.51. The van der Waals surface area contributed by atoms with Gasteiger partial charge < -0.3 is 15.5 Å². The molecule has 2 aliphatic heterocycles. The zero-order valence-corrected chi connectivity index (χ0v) is 21.9. The Morgan fingerprint density at radius 2 is 1.97 bits per heavy atom. The van der Waals surface area contributed by atoms with Crippen molar-refractivity contribution in [2.24, 2.45) is 15.9 Å². The molecule has 2 unspecified atom stereocenters. The first-order valence-corrected chi connectivity index (χ1v) is 12.9. The molecule has 39 heavy (non-hydrogen) atoms. The number of halogens is 2. The van der Waals surface area contributed by atoms with Gasteiger partial charge in [0.05, 0.1) is 23.0 Å². The molecule has 1 aromatic carbocycles. The second-order valence-corrected chi connectivity index (χ2v) is 9.94. The SMILES string of the molecule is C=CC(=O)N1C2CCC1CC(N=C(C)/C(=N\N)c1cc(O[C@H](C)c3ccccn3)c3c(c1)ncn3C(F)F)C2. The Morgan fingerprint density at radius 1 is 1.23 bits per heavy atom. The van der Waals surface area contributed by atoms with Crippen LogP contribution >= 0.6 is 0 Å². The number of nitrogens with two attached hydrogens (primary N) is 1. The minimum Gasteiger partial charge on any atom is -0.482 e. The molecule has 0 spiro atoms. The molecule has 2 aliphatic rings. The van der Waals surface area contributed by atoms with Gasteiger partial charge in [0.2, 0.25) is 5.91 Å². The largest absolute Gasteiger partial charge is 0.482 e. The summed E-state index contributed by atoms with van der Waals surface area (Å²) < 4.78 is 34.6. The molecule has 2 bridgehead atoms. The van der Waals surface area contributed by atoms with E-state index in [2.05, 4.69) is 21.6 Å². The van der Waals surface area contributed by atoms with Gasteiger partial charge in [-0.3, -0.25) is 19.3 Å². The van der Waals surface area contributed by atoms with E-state index in [0.29, 0.717) is 28.2 Å². The molecule has 3 atom stereocenters. The second-order valence-electron chi connectivity index (χ2n) is 9.94. The lowest BCUT2D eigenvalue weighted by atomic mass is 9.97. The predicted molar refractivity (Wildman–Crippen MR) is 145 cm³/mol. The smallest absolute Gasteiger partial charge is 0.320 e. The van der Waals surface area contributed by atoms with Crippen LogP contribution < -0.4 is 10.6 Å². The number of ether oxygens (including phenoxy) is 1. The average Bonchev–Trinajstić information content (AvgIpc) is 3.48. The van der Waals surface area contributed by atoms with Gasteiger partial charge in [0.1, 0.15) is 29.4 Å². The number of hydrazone groups is 1. The molecule has 2 aromatic heterocycles. The van der Waals surface area contributed by atoms with Crippen molar-refractivity contribution in [3.05, 3.63) is 66.8 Å². The van der Waals surface area contributed by atoms with Gasteiger partial charge in [0.25, 0.3) is 0 Å². The number of carbonyl (C=O) groups excluding carboxylic acids is 1. The maximum absolute atomic E-state index is 13.8. The summed E-state index contributed by atoms with van der Waals surface area (Å²) in [5.74, 6) is 6.02. The molecule has 4 heterocycles. The first-order valence-electron chi connectivity index (χ1n) is 12.9. The standard InChI is InChI=1S/C28H31F2N7O2/c1-4-25(38)37-20-8-9-21(37)14-19(13-20)34-16(2)26(35-31)18-11-23-27(36(15-33-23)28(29)30)24(12-18)39-17(3)22-7-5-6-10-32-22/h4-7,10-12,15,17,19-21,28H,1,8-9,13-14,31H2,2-3H3/b34-16?,35-26+/t17-,19?,20?,21?/m1/s1. The molecule has 204 valence electrons. The van der Waals surface area contributed by atoms with E-state index in [9.17, 15) is 13.6 Å². The zero-order valence-electron chi connectivity index (χ0n) is 21.9. The number of aliphatic imine (C=N–C) groups is 1. The molecule has 3 aromatic rings. The number of alkyl halides is 2. The van der Waals surface area contributed by atoms with Crippen LogP contribution in [0.3, 0.4) is 0 Å². The third kappa shape index (κ3) is 5.13. The van der Waals surface area contributed by atoms with Gasteiger partial charge in [-0.05, 0) is 69.9 Å². The summed E-state index contributed by atoms with van der Waals surface area (Å²) in [5.41, 5.74) is 2.71. The van der Waals surface area contributed by atoms with Gasteiger partial charge in [-0.1, -0.05) is 12.6 Å². The number of amides is 1. The van der Waals surface area contributed by atoms with Gasteiger partial charge in [0.15, 0.2) is 0 Å². The van der Waals surface area contributed by atoms with E-state index in [1.165, 1.54) is 6.08 Å². The van der Waals surface area contributed by atoms with E-state index in [1.807, 2.05) is 17.9 Å². The summed E-state index contributed by atoms with van der Waals surface area (Å²) in [6.45, 7) is 4.46. The van der Waals surface area contributed by atoms with Crippen molar-refractivity contribution in [2.75, 3.05) is 0 Å². The van der Waals surface area contributed by atoms with Crippen LogP contribution in [0.25, 0.3) is 11.0 Å². The van der Waals surface area contributed by atoms with Crippen molar-refractivity contribution in [1.29, 1.82) is 0 Å². The number of piperidine rings is 1. The molecule has 0 saturated carbocycles. The van der Waals surface area contributed by atoms with Gasteiger partial charge in [-0.2, -0.15) is 13.9 Å². The lowest BCUT2D eigenvalue weighted by molar-refractivity contribution is -0.130. The highest BCUT2D eigenvalue weighted by molar-refractivity contribution is 6.47. The number of fused-ring (bicyclic) bond motifs is 3. The molecule has 2 fully saturated rings. The van der Waals surface area contributed by atoms with Crippen molar-refractivity contribution in [3.63, 3.8) is 0 Å². The number of carbonyl (C=O) groups is 1. The maximum Gasteiger partial charge on any atom is 0.320 e. The Balaban J connectivity index is 1.47. The summed E-state index contributed by atoms with van der Waals surface area (Å²) in [7, 11) is 0. The van der Waals surface area contributed by atoms with E-state index < -0.39 is 12.7 Å². The van der Waals surface area contributed by atoms with Gasteiger partial charge in [0, 0.05) is 23.8 Å². The van der Waals surface area contributed by atoms with Crippen LogP contribution in [0.5, 0.6) is 5.75 Å². The van der Waals surface area contributed by atoms with Gasteiger partial charge in [-0.15, -0.1) is 0 Å². The van der Waals surface area contributed by atoms with Crippen molar-refractivity contribution >= 4 is 28.4 Å². The van der Waals surface area contributed by atoms with E-state index in [1.54, 1.807) is 37.4 Å². The molecule has 2 saturated heterocycles. The summed E-state index contributed by atoms with van der Waals surface area (Å²) in [6, 6.07) is 9.01. The summed E-state index contributed by atoms with van der Waals surface area (Å²) in [4.78, 5) is 27.7. The molecular weight excluding hydrogens is 504 g/mol. The summed E-state index contributed by atoms with van der Waals surface area (Å²) in [6.07, 6.45) is 6.99. The molecule has 11 heteroatoms. The predicted octanol–water partition coefficient (Wildman–Crippen LogP) is 4.80. The number of imidazole rings is 1. The zero-order chi connectivity index (χ0) is 27.7. The first kappa shape index (κ1) is 26.5. The van der Waals surface area contributed by atoms with E-state index in [0.717, 1.165) is 36.6 Å². The number of rotatable bonds is 8. The number of pyridine rings is 1. The quantitative estimate of drug-likeness (QED) is 0.193. The maximum atomic E-state index is 13.8. The van der Waals surface area contributed by atoms with Crippen LogP contribution in [0.2, 0.25) is 0 Å². The highest BCUT2D eigenvalue weighted by Gasteiger charge is 2.42. The Kier molecular flexibility index (Phi) is 7.40. The number of hydrogen-bond donors (Lipinski definition) is 1. The fourth-order valence-electron chi connectivity index (χ4n) is 5.81. The molecule has 5 rings (SSSR count). The number of nitrogens with zero attached hydrogens (tertiary/aromatic N) is 6.